The summed E-state index contributed by atoms with van der Waals surface area (Å²) in [5.41, 5.74) is 0.790. The molecule has 2 fully saturated rings. The molecule has 0 atom stereocenters. The van der Waals surface area contributed by atoms with E-state index in [0.717, 1.165) is 30.9 Å². The van der Waals surface area contributed by atoms with Crippen molar-refractivity contribution in [2.24, 2.45) is 11.8 Å². The van der Waals surface area contributed by atoms with Crippen LogP contribution >= 0.6 is 12.4 Å². The number of benzene rings is 1. The lowest BCUT2D eigenvalue weighted by Crippen LogP contribution is -2.44. The number of piperidine rings is 1. The van der Waals surface area contributed by atoms with Crippen LogP contribution in [0.25, 0.3) is 0 Å². The first-order valence-corrected chi connectivity index (χ1v) is 8.32. The van der Waals surface area contributed by atoms with Gasteiger partial charge in [0.15, 0.2) is 5.78 Å². The van der Waals surface area contributed by atoms with Crippen molar-refractivity contribution in [3.63, 3.8) is 0 Å². The number of nitrogens with zero attached hydrogens (tertiary/aromatic N) is 1. The van der Waals surface area contributed by atoms with E-state index in [-0.39, 0.29) is 30.0 Å². The normalized spacial score (nSPS) is 18.3. The summed E-state index contributed by atoms with van der Waals surface area (Å²) in [7, 11) is 0. The van der Waals surface area contributed by atoms with Gasteiger partial charge in [-0.1, -0.05) is 30.3 Å². The van der Waals surface area contributed by atoms with Gasteiger partial charge in [-0.25, -0.2) is 0 Å². The minimum absolute atomic E-state index is 0. The Morgan fingerprint density at radius 3 is 2.30 bits per heavy atom. The van der Waals surface area contributed by atoms with Crippen LogP contribution in [0.2, 0.25) is 0 Å². The number of rotatable bonds is 6. The second-order valence-electron chi connectivity index (χ2n) is 6.46. The number of hydrogen-bond acceptors (Lipinski definition) is 3. The quantitative estimate of drug-likeness (QED) is 0.812. The molecule has 2 aliphatic rings. The predicted octanol–water partition coefficient (Wildman–Crippen LogP) is 2.53. The van der Waals surface area contributed by atoms with Crippen LogP contribution in [0.3, 0.4) is 0 Å². The third kappa shape index (κ3) is 5.05. The molecule has 0 radical (unpaired) electrons. The number of amides is 1. The highest BCUT2D eigenvalue weighted by Gasteiger charge is 2.28. The van der Waals surface area contributed by atoms with Crippen molar-refractivity contribution < 1.29 is 9.59 Å². The van der Waals surface area contributed by atoms with Crippen LogP contribution in [-0.2, 0) is 4.79 Å². The smallest absolute Gasteiger partial charge is 0.236 e. The van der Waals surface area contributed by atoms with Gasteiger partial charge in [-0.15, -0.1) is 12.4 Å². The highest BCUT2D eigenvalue weighted by Crippen LogP contribution is 2.27. The van der Waals surface area contributed by atoms with Crippen molar-refractivity contribution in [3.8, 4) is 0 Å². The van der Waals surface area contributed by atoms with Gasteiger partial charge in [-0.3, -0.25) is 9.59 Å². The number of hydrogen-bond donors (Lipinski definition) is 1. The van der Waals surface area contributed by atoms with Gasteiger partial charge in [0.05, 0.1) is 6.54 Å². The van der Waals surface area contributed by atoms with Crippen molar-refractivity contribution in [2.75, 3.05) is 26.2 Å². The summed E-state index contributed by atoms with van der Waals surface area (Å²) >= 11 is 0. The Hall–Kier alpha value is -1.39. The van der Waals surface area contributed by atoms with E-state index in [1.807, 2.05) is 35.2 Å². The average molecular weight is 337 g/mol. The van der Waals surface area contributed by atoms with E-state index >= 15 is 0 Å². The molecule has 4 nitrogen and oxygen atoms in total. The monoisotopic (exact) mass is 336 g/mol. The van der Waals surface area contributed by atoms with Crippen LogP contribution in [0.5, 0.6) is 0 Å². The Labute approximate surface area is 144 Å². The molecule has 1 amide bonds. The number of halogens is 1. The van der Waals surface area contributed by atoms with E-state index in [9.17, 15) is 9.59 Å². The lowest BCUT2D eigenvalue weighted by atomic mass is 9.89. The number of likely N-dealkylation sites (tertiary alicyclic amines) is 1. The van der Waals surface area contributed by atoms with Gasteiger partial charge >= 0.3 is 0 Å². The van der Waals surface area contributed by atoms with Gasteiger partial charge in [0.2, 0.25) is 5.91 Å². The van der Waals surface area contributed by atoms with E-state index in [2.05, 4.69) is 5.32 Å². The molecule has 0 aromatic heterocycles. The van der Waals surface area contributed by atoms with Gasteiger partial charge in [-0.05, 0) is 38.1 Å². The molecule has 23 heavy (non-hydrogen) atoms. The Balaban J connectivity index is 0.00000192. The van der Waals surface area contributed by atoms with Crippen LogP contribution < -0.4 is 5.32 Å². The van der Waals surface area contributed by atoms with Gasteiger partial charge in [0.1, 0.15) is 0 Å². The Kier molecular flexibility index (Phi) is 6.60. The molecule has 0 bridgehead atoms. The van der Waals surface area contributed by atoms with E-state index < -0.39 is 0 Å². The minimum Gasteiger partial charge on any atom is -0.342 e. The molecule has 1 saturated heterocycles. The molecule has 0 spiro atoms. The fourth-order valence-corrected chi connectivity index (χ4v) is 3.05. The first kappa shape index (κ1) is 18.0. The maximum Gasteiger partial charge on any atom is 0.236 e. The number of ketones is 1. The average Bonchev–Trinajstić information content (AvgIpc) is 3.39. The highest BCUT2D eigenvalue weighted by molar-refractivity contribution is 5.98. The number of Topliss-reactive ketones (excluding diaryl/α,β-unsaturated/α-hetero) is 1. The minimum atomic E-state index is 0. The second kappa shape index (κ2) is 8.46. The van der Waals surface area contributed by atoms with E-state index in [0.29, 0.717) is 19.6 Å². The Morgan fingerprint density at radius 2 is 1.70 bits per heavy atom. The van der Waals surface area contributed by atoms with Gasteiger partial charge < -0.3 is 10.2 Å². The topological polar surface area (TPSA) is 49.4 Å². The third-order valence-corrected chi connectivity index (χ3v) is 4.68. The summed E-state index contributed by atoms with van der Waals surface area (Å²) < 4.78 is 0. The van der Waals surface area contributed by atoms with Crippen molar-refractivity contribution >= 4 is 24.1 Å². The number of nitrogens with one attached hydrogen (secondary N) is 1. The molecule has 1 aliphatic carbocycles. The van der Waals surface area contributed by atoms with E-state index in [1.165, 1.54) is 12.8 Å². The van der Waals surface area contributed by atoms with Crippen LogP contribution in [-0.4, -0.2) is 42.8 Å². The summed E-state index contributed by atoms with van der Waals surface area (Å²) in [4.78, 5) is 26.4. The van der Waals surface area contributed by atoms with Gasteiger partial charge in [-0.2, -0.15) is 0 Å². The van der Waals surface area contributed by atoms with E-state index in [1.54, 1.807) is 0 Å². The number of carbonyl (C=O) groups is 2. The summed E-state index contributed by atoms with van der Waals surface area (Å²) in [6, 6.07) is 9.48. The van der Waals surface area contributed by atoms with Crippen molar-refractivity contribution in [1.82, 2.24) is 10.2 Å². The van der Waals surface area contributed by atoms with Crippen molar-refractivity contribution in [1.29, 1.82) is 0 Å². The first-order chi connectivity index (χ1) is 10.7. The molecule has 1 aromatic rings. The first-order valence-electron chi connectivity index (χ1n) is 8.32. The molecule has 1 N–H and O–H groups in total. The molecular formula is C18H25ClN2O2. The standard InChI is InChI=1S/C18H24N2O2.ClH/c21-17(13-19-12-14-6-7-14)20-10-8-16(9-11-20)18(22)15-4-2-1-3-5-15;/h1-5,14,16,19H,6-13H2;1H. The zero-order chi connectivity index (χ0) is 15.4. The molecule has 126 valence electrons. The molecule has 0 unspecified atom stereocenters. The molecule has 5 heteroatoms. The second-order valence-corrected chi connectivity index (χ2v) is 6.46. The summed E-state index contributed by atoms with van der Waals surface area (Å²) in [5, 5.41) is 3.25. The zero-order valence-corrected chi connectivity index (χ0v) is 14.2. The fourth-order valence-electron chi connectivity index (χ4n) is 3.05. The summed E-state index contributed by atoms with van der Waals surface area (Å²) in [6.07, 6.45) is 4.16. The Morgan fingerprint density at radius 1 is 1.04 bits per heavy atom. The van der Waals surface area contributed by atoms with Crippen molar-refractivity contribution in [3.05, 3.63) is 35.9 Å². The highest BCUT2D eigenvalue weighted by atomic mass is 35.5. The fraction of sp³-hybridized carbons (Fsp3) is 0.556. The van der Waals surface area contributed by atoms with Gasteiger partial charge in [0.25, 0.3) is 0 Å². The van der Waals surface area contributed by atoms with Crippen LogP contribution in [0.1, 0.15) is 36.0 Å². The maximum absolute atomic E-state index is 12.4. The third-order valence-electron chi connectivity index (χ3n) is 4.68. The van der Waals surface area contributed by atoms with E-state index in [4.69, 9.17) is 0 Å². The predicted molar refractivity (Wildman–Crippen MR) is 92.9 cm³/mol. The van der Waals surface area contributed by atoms with Crippen molar-refractivity contribution in [2.45, 2.75) is 25.7 Å². The SMILES string of the molecule is Cl.O=C(c1ccccc1)C1CCN(C(=O)CNCC2CC2)CC1. The zero-order valence-electron chi connectivity index (χ0n) is 13.4. The largest absolute Gasteiger partial charge is 0.342 e. The molecule has 1 saturated carbocycles. The molecular weight excluding hydrogens is 312 g/mol. The molecule has 1 aliphatic heterocycles. The molecule has 3 rings (SSSR count). The van der Waals surface area contributed by atoms with Crippen LogP contribution in [0, 0.1) is 11.8 Å². The van der Waals surface area contributed by atoms with Crippen LogP contribution in [0.4, 0.5) is 0 Å². The summed E-state index contributed by atoms with van der Waals surface area (Å²) in [6.45, 7) is 2.81. The lowest BCUT2D eigenvalue weighted by molar-refractivity contribution is -0.131. The summed E-state index contributed by atoms with van der Waals surface area (Å²) in [5.74, 6) is 1.25. The molecule has 1 aromatic carbocycles. The maximum atomic E-state index is 12.4. The Bertz CT molecular complexity index is 523. The molecule has 1 heterocycles. The lowest BCUT2D eigenvalue weighted by Gasteiger charge is -2.31. The van der Waals surface area contributed by atoms with Crippen LogP contribution in [0.15, 0.2) is 30.3 Å². The van der Waals surface area contributed by atoms with Gasteiger partial charge in [0, 0.05) is 24.6 Å². The number of carbonyl (C=O) groups excluding carboxylic acids is 2.